The second kappa shape index (κ2) is 4.63. The van der Waals surface area contributed by atoms with Gasteiger partial charge in [0.15, 0.2) is 0 Å². The third-order valence-electron chi connectivity index (χ3n) is 7.91. The summed E-state index contributed by atoms with van der Waals surface area (Å²) in [7, 11) is 0. The minimum Gasteiger partial charge on any atom is -0.461 e. The fourth-order valence-corrected chi connectivity index (χ4v) is 7.28. The molecule has 1 saturated carbocycles. The molecule has 6 aliphatic rings. The van der Waals surface area contributed by atoms with Crippen LogP contribution >= 0.6 is 0 Å². The Morgan fingerprint density at radius 2 is 2.19 bits per heavy atom. The number of carbonyl (C=O) groups is 2. The number of aliphatic imine (C=N–C) groups is 1. The van der Waals surface area contributed by atoms with Gasteiger partial charge in [0.1, 0.15) is 12.4 Å². The lowest BCUT2D eigenvalue weighted by atomic mass is 9.62. The Morgan fingerprint density at radius 3 is 2.96 bits per heavy atom. The summed E-state index contributed by atoms with van der Waals surface area (Å²) in [5.41, 5.74) is 3.15. The Kier molecular flexibility index (Phi) is 2.69. The third kappa shape index (κ3) is 1.44. The molecule has 1 aliphatic carbocycles. The first kappa shape index (κ1) is 15.1. The van der Waals surface area contributed by atoms with Gasteiger partial charge in [-0.1, -0.05) is 18.2 Å². The average molecular weight is 350 g/mol. The molecule has 2 unspecified atom stereocenters. The van der Waals surface area contributed by atoms with Crippen LogP contribution in [0.15, 0.2) is 29.3 Å². The molecule has 5 aliphatic heterocycles. The summed E-state index contributed by atoms with van der Waals surface area (Å²) in [5.74, 6) is 0.299. The normalized spacial score (nSPS) is 48.8. The van der Waals surface area contributed by atoms with Crippen molar-refractivity contribution in [3.8, 4) is 0 Å². The highest BCUT2D eigenvalue weighted by atomic mass is 16.5. The molecule has 5 heteroatoms. The molecule has 0 radical (unpaired) electrons. The quantitative estimate of drug-likeness (QED) is 0.606. The lowest BCUT2D eigenvalue weighted by Gasteiger charge is -2.60. The van der Waals surface area contributed by atoms with E-state index < -0.39 is 0 Å². The van der Waals surface area contributed by atoms with Gasteiger partial charge in [0.2, 0.25) is 0 Å². The Bertz CT molecular complexity index is 880. The summed E-state index contributed by atoms with van der Waals surface area (Å²) in [6.07, 6.45) is 2.85. The zero-order chi connectivity index (χ0) is 17.8. The van der Waals surface area contributed by atoms with Gasteiger partial charge in [-0.3, -0.25) is 14.7 Å². The molecule has 7 rings (SSSR count). The van der Waals surface area contributed by atoms with Gasteiger partial charge in [-0.15, -0.1) is 0 Å². The first-order chi connectivity index (χ1) is 12.6. The monoisotopic (exact) mass is 350 g/mol. The fourth-order valence-electron chi connectivity index (χ4n) is 7.28. The predicted molar refractivity (Wildman–Crippen MR) is 95.4 cm³/mol. The number of benzene rings is 1. The number of hydrogen-bond acceptors (Lipinski definition) is 5. The molecule has 9 atom stereocenters. The van der Waals surface area contributed by atoms with Crippen LogP contribution in [0.1, 0.15) is 32.3 Å². The zero-order valence-electron chi connectivity index (χ0n) is 15.0. The highest BCUT2D eigenvalue weighted by Gasteiger charge is 2.75. The standard InChI is InChI=1S/C21H22N2O3/c1-10-13(9-24)12-7-16-19-21(14-5-3-4-6-15(14)22-19)8-17(23(10)16)18(12)20(21)26-11(2)25/h3-6,9-10,12-13,16-18,20H,7-8H2,1-2H3/t10-,12+,13?,16+,17+,18+,20-,21-/m1/s1. The number of para-hydroxylation sites is 1. The molecule has 5 nitrogen and oxygen atoms in total. The zero-order valence-corrected chi connectivity index (χ0v) is 15.0. The lowest BCUT2D eigenvalue weighted by Crippen LogP contribution is -2.69. The number of rotatable bonds is 2. The van der Waals surface area contributed by atoms with Crippen molar-refractivity contribution in [3.05, 3.63) is 29.8 Å². The summed E-state index contributed by atoms with van der Waals surface area (Å²) in [4.78, 5) is 31.5. The topological polar surface area (TPSA) is 59.0 Å². The second-order valence-corrected chi connectivity index (χ2v) is 8.68. The van der Waals surface area contributed by atoms with E-state index in [9.17, 15) is 9.59 Å². The number of piperidine rings is 4. The summed E-state index contributed by atoms with van der Waals surface area (Å²) in [6, 6.07) is 9.21. The van der Waals surface area contributed by atoms with Crippen LogP contribution in [0, 0.1) is 17.8 Å². The second-order valence-electron chi connectivity index (χ2n) is 8.68. The van der Waals surface area contributed by atoms with Crippen LogP contribution in [-0.2, 0) is 19.7 Å². The van der Waals surface area contributed by atoms with Crippen LogP contribution in [0.2, 0.25) is 0 Å². The van der Waals surface area contributed by atoms with Gasteiger partial charge in [-0.05, 0) is 37.3 Å². The number of ether oxygens (including phenoxy) is 1. The minimum absolute atomic E-state index is 0.0235. The van der Waals surface area contributed by atoms with Gasteiger partial charge in [0.25, 0.3) is 0 Å². The summed E-state index contributed by atoms with van der Waals surface area (Å²) >= 11 is 0. The molecule has 1 aromatic carbocycles. The molecular weight excluding hydrogens is 328 g/mol. The van der Waals surface area contributed by atoms with Crippen molar-refractivity contribution in [2.24, 2.45) is 22.7 Å². The molecule has 1 aromatic rings. The molecule has 134 valence electrons. The molecule has 5 heterocycles. The van der Waals surface area contributed by atoms with Crippen molar-refractivity contribution >= 4 is 23.7 Å². The minimum atomic E-state index is -0.287. The van der Waals surface area contributed by atoms with Crippen LogP contribution < -0.4 is 0 Å². The number of hydrogen-bond donors (Lipinski definition) is 0. The number of carbonyl (C=O) groups excluding carboxylic acids is 2. The number of aldehydes is 1. The van der Waals surface area contributed by atoms with E-state index in [1.165, 1.54) is 18.2 Å². The van der Waals surface area contributed by atoms with Gasteiger partial charge >= 0.3 is 5.97 Å². The van der Waals surface area contributed by atoms with E-state index in [-0.39, 0.29) is 47.3 Å². The van der Waals surface area contributed by atoms with Gasteiger partial charge in [-0.25, -0.2) is 0 Å². The Morgan fingerprint density at radius 1 is 1.38 bits per heavy atom. The largest absolute Gasteiger partial charge is 0.461 e. The lowest BCUT2D eigenvalue weighted by molar-refractivity contribution is -0.159. The van der Waals surface area contributed by atoms with E-state index in [0.717, 1.165) is 24.8 Å². The molecule has 26 heavy (non-hydrogen) atoms. The maximum Gasteiger partial charge on any atom is 0.302 e. The van der Waals surface area contributed by atoms with Crippen molar-refractivity contribution in [2.75, 3.05) is 0 Å². The Balaban J connectivity index is 1.61. The van der Waals surface area contributed by atoms with Crippen molar-refractivity contribution in [2.45, 2.75) is 56.3 Å². The van der Waals surface area contributed by atoms with Gasteiger partial charge < -0.3 is 9.53 Å². The summed E-state index contributed by atoms with van der Waals surface area (Å²) in [6.45, 7) is 3.69. The molecule has 0 aromatic heterocycles. The molecule has 5 bridgehead atoms. The molecule has 0 amide bonds. The molecule has 0 N–H and O–H groups in total. The number of esters is 1. The van der Waals surface area contributed by atoms with Crippen LogP contribution in [0.4, 0.5) is 5.69 Å². The van der Waals surface area contributed by atoms with Crippen LogP contribution in [0.5, 0.6) is 0 Å². The third-order valence-corrected chi connectivity index (χ3v) is 7.91. The van der Waals surface area contributed by atoms with E-state index in [1.54, 1.807) is 0 Å². The molecule has 4 saturated heterocycles. The molecular formula is C21H22N2O3. The van der Waals surface area contributed by atoms with Crippen molar-refractivity contribution in [1.82, 2.24) is 4.90 Å². The van der Waals surface area contributed by atoms with E-state index in [4.69, 9.17) is 9.73 Å². The smallest absolute Gasteiger partial charge is 0.302 e. The van der Waals surface area contributed by atoms with E-state index in [1.807, 2.05) is 6.07 Å². The van der Waals surface area contributed by atoms with Crippen molar-refractivity contribution < 1.29 is 14.3 Å². The van der Waals surface area contributed by atoms with Crippen molar-refractivity contribution in [3.63, 3.8) is 0 Å². The maximum atomic E-state index is 12.0. The molecule has 1 spiro atoms. The van der Waals surface area contributed by atoms with E-state index in [2.05, 4.69) is 30.0 Å². The van der Waals surface area contributed by atoms with Crippen LogP contribution in [-0.4, -0.2) is 47.1 Å². The van der Waals surface area contributed by atoms with Gasteiger partial charge in [0.05, 0.1) is 22.9 Å². The SMILES string of the molecule is CC(=O)O[C@@H]1[C@H]2[C@H]3C[C@H]4C5=Nc6ccccc6[C@]51C[C@@H]2N4[C@H](C)C3C=O. The van der Waals surface area contributed by atoms with Crippen LogP contribution in [0.25, 0.3) is 0 Å². The average Bonchev–Trinajstić information content (AvgIpc) is 3.08. The van der Waals surface area contributed by atoms with Gasteiger partial charge in [0, 0.05) is 30.8 Å². The Labute approximate surface area is 152 Å². The van der Waals surface area contributed by atoms with E-state index in [0.29, 0.717) is 6.04 Å². The number of fused-ring (bicyclic) bond motifs is 2. The predicted octanol–water partition coefficient (Wildman–Crippen LogP) is 2.25. The number of nitrogens with zero attached hydrogens (tertiary/aromatic N) is 2. The first-order valence-electron chi connectivity index (χ1n) is 9.66. The summed E-state index contributed by atoms with van der Waals surface area (Å²) in [5, 5.41) is 0. The first-order valence-corrected chi connectivity index (χ1v) is 9.66. The Hall–Kier alpha value is -2.01. The maximum absolute atomic E-state index is 12.0. The van der Waals surface area contributed by atoms with E-state index >= 15 is 0 Å². The molecule has 5 fully saturated rings. The fraction of sp³-hybridized carbons (Fsp3) is 0.571. The highest BCUT2D eigenvalue weighted by molar-refractivity contribution is 6.08. The van der Waals surface area contributed by atoms with Crippen LogP contribution in [0.3, 0.4) is 0 Å². The summed E-state index contributed by atoms with van der Waals surface area (Å²) < 4.78 is 6.04. The van der Waals surface area contributed by atoms with Gasteiger partial charge in [-0.2, -0.15) is 0 Å². The highest BCUT2D eigenvalue weighted by Crippen LogP contribution is 2.67. The van der Waals surface area contributed by atoms with Crippen molar-refractivity contribution in [1.29, 1.82) is 0 Å².